The molecular formula is C20H24ClN3O3S. The molecule has 8 heteroatoms. The van der Waals surface area contributed by atoms with E-state index in [-0.39, 0.29) is 23.5 Å². The number of aryl methyl sites for hydroxylation is 2. The molecule has 2 heterocycles. The Kier molecular flexibility index (Phi) is 5.95. The zero-order valence-corrected chi connectivity index (χ0v) is 17.8. The number of benzene rings is 1. The molecule has 1 aliphatic heterocycles. The molecule has 1 saturated heterocycles. The van der Waals surface area contributed by atoms with Crippen molar-refractivity contribution in [1.29, 1.82) is 0 Å². The molecule has 1 aromatic heterocycles. The lowest BCUT2D eigenvalue weighted by molar-refractivity contribution is -0.126. The summed E-state index contributed by atoms with van der Waals surface area (Å²) >= 11 is 6.48. The first-order valence-electron chi connectivity index (χ1n) is 9.10. The highest BCUT2D eigenvalue weighted by atomic mass is 35.5. The van der Waals surface area contributed by atoms with Crippen LogP contribution in [0.15, 0.2) is 30.3 Å². The average Bonchev–Trinajstić information content (AvgIpc) is 3.13. The Labute approximate surface area is 170 Å². The van der Waals surface area contributed by atoms with Crippen molar-refractivity contribution in [3.8, 4) is 0 Å². The highest BCUT2D eigenvalue weighted by molar-refractivity contribution is 7.91. The van der Waals surface area contributed by atoms with Crippen LogP contribution in [0.4, 0.5) is 0 Å². The summed E-state index contributed by atoms with van der Waals surface area (Å²) in [6.07, 6.45) is 3.56. The zero-order valence-electron chi connectivity index (χ0n) is 16.2. The van der Waals surface area contributed by atoms with Crippen molar-refractivity contribution in [3.05, 3.63) is 57.9 Å². The summed E-state index contributed by atoms with van der Waals surface area (Å²) < 4.78 is 25.0. The summed E-state index contributed by atoms with van der Waals surface area (Å²) in [6, 6.07) is 7.87. The Bertz CT molecular complexity index is 1010. The number of carbonyl (C=O) groups excluding carboxylic acids is 1. The van der Waals surface area contributed by atoms with Crippen LogP contribution in [0.2, 0.25) is 5.15 Å². The fourth-order valence-corrected chi connectivity index (χ4v) is 5.33. The van der Waals surface area contributed by atoms with Gasteiger partial charge in [-0.3, -0.25) is 4.79 Å². The van der Waals surface area contributed by atoms with E-state index in [2.05, 4.69) is 5.10 Å². The number of halogens is 1. The minimum Gasteiger partial charge on any atom is -0.338 e. The number of hydrogen-bond acceptors (Lipinski definition) is 4. The SMILES string of the molecule is Cc1ccc(Cn2nc(C)c(/C=C/C(=O)N(C)C3CCS(=O)(=O)C3)c2Cl)cc1. The van der Waals surface area contributed by atoms with Gasteiger partial charge in [0.05, 0.1) is 23.7 Å². The molecule has 28 heavy (non-hydrogen) atoms. The summed E-state index contributed by atoms with van der Waals surface area (Å²) in [5, 5.41) is 4.94. The smallest absolute Gasteiger partial charge is 0.246 e. The quantitative estimate of drug-likeness (QED) is 0.696. The van der Waals surface area contributed by atoms with Gasteiger partial charge in [0.2, 0.25) is 5.91 Å². The number of likely N-dealkylation sites (N-methyl/N-ethyl adjacent to an activating group) is 1. The van der Waals surface area contributed by atoms with Crippen molar-refractivity contribution >= 4 is 33.4 Å². The predicted molar refractivity (Wildman–Crippen MR) is 111 cm³/mol. The number of amides is 1. The number of aromatic nitrogens is 2. The molecule has 1 fully saturated rings. The van der Waals surface area contributed by atoms with Gasteiger partial charge in [0.25, 0.3) is 0 Å². The molecular weight excluding hydrogens is 398 g/mol. The maximum Gasteiger partial charge on any atom is 0.246 e. The molecule has 6 nitrogen and oxygen atoms in total. The summed E-state index contributed by atoms with van der Waals surface area (Å²) in [7, 11) is -1.40. The van der Waals surface area contributed by atoms with E-state index in [9.17, 15) is 13.2 Å². The third-order valence-electron chi connectivity index (χ3n) is 5.06. The van der Waals surface area contributed by atoms with Crippen LogP contribution < -0.4 is 0 Å². The van der Waals surface area contributed by atoms with Crippen molar-refractivity contribution in [2.45, 2.75) is 32.9 Å². The Morgan fingerprint density at radius 1 is 1.32 bits per heavy atom. The monoisotopic (exact) mass is 421 g/mol. The Morgan fingerprint density at radius 2 is 2.00 bits per heavy atom. The Hall–Kier alpha value is -2.12. The van der Waals surface area contributed by atoms with Gasteiger partial charge in [0.15, 0.2) is 9.84 Å². The molecule has 1 atom stereocenters. The molecule has 1 amide bonds. The number of nitrogens with zero attached hydrogens (tertiary/aromatic N) is 3. The molecule has 0 radical (unpaired) electrons. The van der Waals surface area contributed by atoms with Gasteiger partial charge < -0.3 is 4.90 Å². The molecule has 0 spiro atoms. The number of sulfone groups is 1. The highest BCUT2D eigenvalue weighted by Crippen LogP contribution is 2.23. The van der Waals surface area contributed by atoms with Crippen LogP contribution in [0.5, 0.6) is 0 Å². The second kappa shape index (κ2) is 8.09. The fraction of sp³-hybridized carbons (Fsp3) is 0.400. The Balaban J connectivity index is 1.72. The van der Waals surface area contributed by atoms with Crippen molar-refractivity contribution in [2.24, 2.45) is 0 Å². The molecule has 3 rings (SSSR count). The lowest BCUT2D eigenvalue weighted by atomic mass is 10.1. The minimum atomic E-state index is -3.04. The molecule has 2 aromatic rings. The van der Waals surface area contributed by atoms with Crippen molar-refractivity contribution in [2.75, 3.05) is 18.6 Å². The summed E-state index contributed by atoms with van der Waals surface area (Å²) in [5.74, 6) is -0.0866. The largest absolute Gasteiger partial charge is 0.338 e. The molecule has 1 unspecified atom stereocenters. The maximum atomic E-state index is 12.4. The van der Waals surface area contributed by atoms with Gasteiger partial charge >= 0.3 is 0 Å². The van der Waals surface area contributed by atoms with E-state index in [1.54, 1.807) is 17.8 Å². The highest BCUT2D eigenvalue weighted by Gasteiger charge is 2.32. The van der Waals surface area contributed by atoms with E-state index in [1.807, 2.05) is 38.1 Å². The minimum absolute atomic E-state index is 0.0251. The van der Waals surface area contributed by atoms with Crippen LogP contribution in [-0.4, -0.2) is 53.6 Å². The molecule has 0 N–H and O–H groups in total. The Morgan fingerprint density at radius 3 is 2.61 bits per heavy atom. The van der Waals surface area contributed by atoms with Gasteiger partial charge in [-0.15, -0.1) is 0 Å². The van der Waals surface area contributed by atoms with E-state index in [4.69, 9.17) is 11.6 Å². The molecule has 0 bridgehead atoms. The van der Waals surface area contributed by atoms with Gasteiger partial charge in [0, 0.05) is 24.7 Å². The van der Waals surface area contributed by atoms with Crippen LogP contribution in [-0.2, 0) is 21.2 Å². The van der Waals surface area contributed by atoms with Gasteiger partial charge in [-0.1, -0.05) is 41.4 Å². The van der Waals surface area contributed by atoms with Crippen molar-refractivity contribution < 1.29 is 13.2 Å². The molecule has 0 saturated carbocycles. The first kappa shape index (κ1) is 20.6. The van der Waals surface area contributed by atoms with Crippen LogP contribution in [0.25, 0.3) is 6.08 Å². The topological polar surface area (TPSA) is 72.3 Å². The summed E-state index contributed by atoms with van der Waals surface area (Å²) in [5.41, 5.74) is 3.69. The molecule has 150 valence electrons. The summed E-state index contributed by atoms with van der Waals surface area (Å²) in [6.45, 7) is 4.42. The standard InChI is InChI=1S/C20H24ClN3O3S/c1-14-4-6-16(7-5-14)12-24-20(21)18(15(2)22-24)8-9-19(25)23(3)17-10-11-28(26,27)13-17/h4-9,17H,10-13H2,1-3H3/b9-8+. The van der Waals surface area contributed by atoms with Gasteiger partial charge in [-0.2, -0.15) is 5.10 Å². The first-order valence-corrected chi connectivity index (χ1v) is 11.3. The first-order chi connectivity index (χ1) is 13.2. The van der Waals surface area contributed by atoms with E-state index in [0.29, 0.717) is 23.7 Å². The van der Waals surface area contributed by atoms with Gasteiger partial charge in [-0.05, 0) is 31.9 Å². The third kappa shape index (κ3) is 4.64. The molecule has 1 aromatic carbocycles. The maximum absolute atomic E-state index is 12.4. The number of carbonyl (C=O) groups is 1. The van der Waals surface area contributed by atoms with Crippen molar-refractivity contribution in [1.82, 2.24) is 14.7 Å². The van der Waals surface area contributed by atoms with Crippen LogP contribution in [0, 0.1) is 13.8 Å². The van der Waals surface area contributed by atoms with E-state index in [1.165, 1.54) is 16.5 Å². The lowest BCUT2D eigenvalue weighted by Crippen LogP contribution is -2.36. The predicted octanol–water partition coefficient (Wildman–Crippen LogP) is 2.86. The second-order valence-electron chi connectivity index (χ2n) is 7.27. The number of hydrogen-bond donors (Lipinski definition) is 0. The fourth-order valence-electron chi connectivity index (χ4n) is 3.26. The lowest BCUT2D eigenvalue weighted by Gasteiger charge is -2.21. The van der Waals surface area contributed by atoms with Gasteiger partial charge in [-0.25, -0.2) is 13.1 Å². The zero-order chi connectivity index (χ0) is 20.5. The van der Waals surface area contributed by atoms with Crippen LogP contribution in [0.1, 0.15) is 28.8 Å². The normalized spacial score (nSPS) is 18.6. The van der Waals surface area contributed by atoms with Crippen LogP contribution >= 0.6 is 11.6 Å². The summed E-state index contributed by atoms with van der Waals surface area (Å²) in [4.78, 5) is 13.9. The molecule has 0 aliphatic carbocycles. The third-order valence-corrected chi connectivity index (χ3v) is 7.21. The number of rotatable bonds is 5. The van der Waals surface area contributed by atoms with Crippen LogP contribution in [0.3, 0.4) is 0 Å². The second-order valence-corrected chi connectivity index (χ2v) is 9.86. The van der Waals surface area contributed by atoms with E-state index >= 15 is 0 Å². The van der Waals surface area contributed by atoms with Gasteiger partial charge in [0.1, 0.15) is 5.15 Å². The molecule has 1 aliphatic rings. The van der Waals surface area contributed by atoms with E-state index in [0.717, 1.165) is 11.3 Å². The average molecular weight is 422 g/mol. The van der Waals surface area contributed by atoms with E-state index < -0.39 is 9.84 Å². The van der Waals surface area contributed by atoms with Crippen molar-refractivity contribution in [3.63, 3.8) is 0 Å².